The van der Waals surface area contributed by atoms with E-state index in [0.717, 1.165) is 0 Å². The monoisotopic (exact) mass is 270 g/mol. The number of oxime groups is 1. The van der Waals surface area contributed by atoms with Crippen LogP contribution in [0.5, 0.6) is 0 Å². The first kappa shape index (κ1) is 15.4. The van der Waals surface area contributed by atoms with Crippen LogP contribution in [-0.2, 0) is 16.1 Å². The molecule has 3 N–H and O–H groups in total. The van der Waals surface area contributed by atoms with Gasteiger partial charge in [-0.2, -0.15) is 0 Å². The minimum atomic E-state index is -0.457. The maximum Gasteiger partial charge on any atom is 0.170 e. The van der Waals surface area contributed by atoms with Crippen molar-refractivity contribution in [1.29, 1.82) is 0 Å². The highest BCUT2D eigenvalue weighted by molar-refractivity contribution is 5.97. The highest BCUT2D eigenvalue weighted by atomic mass is 19.1. The van der Waals surface area contributed by atoms with Gasteiger partial charge in [0.15, 0.2) is 5.84 Å². The second-order valence-electron chi connectivity index (χ2n) is 4.31. The molecule has 0 amide bonds. The van der Waals surface area contributed by atoms with Crippen molar-refractivity contribution in [3.8, 4) is 0 Å². The fraction of sp³-hybridized carbons (Fsp3) is 0.462. The number of ether oxygens (including phenoxy) is 2. The summed E-state index contributed by atoms with van der Waals surface area (Å²) in [5, 5.41) is 11.4. The Hall–Kier alpha value is -1.66. The summed E-state index contributed by atoms with van der Waals surface area (Å²) in [6, 6.07) is 4.15. The molecule has 6 heteroatoms. The van der Waals surface area contributed by atoms with Crippen LogP contribution >= 0.6 is 0 Å². The number of halogens is 1. The fourth-order valence-corrected chi connectivity index (χ4v) is 1.47. The summed E-state index contributed by atoms with van der Waals surface area (Å²) in [7, 11) is 0. The molecule has 1 rings (SSSR count). The zero-order valence-corrected chi connectivity index (χ0v) is 11.1. The summed E-state index contributed by atoms with van der Waals surface area (Å²) in [6.07, 6.45) is 0.157. The molecule has 19 heavy (non-hydrogen) atoms. The van der Waals surface area contributed by atoms with E-state index in [1.54, 1.807) is 6.07 Å². The van der Waals surface area contributed by atoms with Crippen molar-refractivity contribution in [2.45, 2.75) is 26.6 Å². The Morgan fingerprint density at radius 2 is 2.11 bits per heavy atom. The molecule has 0 atom stereocenters. The van der Waals surface area contributed by atoms with Crippen molar-refractivity contribution < 1.29 is 19.1 Å². The van der Waals surface area contributed by atoms with Crippen molar-refractivity contribution in [3.05, 3.63) is 35.1 Å². The number of hydrogen-bond acceptors (Lipinski definition) is 4. The van der Waals surface area contributed by atoms with Gasteiger partial charge in [0.25, 0.3) is 0 Å². The molecule has 0 aliphatic carbocycles. The molecule has 0 saturated carbocycles. The molecule has 0 fully saturated rings. The Morgan fingerprint density at radius 3 is 2.74 bits per heavy atom. The smallest absolute Gasteiger partial charge is 0.170 e. The standard InChI is InChI=1S/C13H19FN2O3/c1-9(2)19-4-3-18-8-10-5-11(13(15)16-17)7-12(14)6-10/h5-7,9,17H,3-4,8H2,1-2H3,(H2,15,16). The van der Waals surface area contributed by atoms with Crippen LogP contribution in [0.25, 0.3) is 0 Å². The van der Waals surface area contributed by atoms with Gasteiger partial charge in [0.05, 0.1) is 25.9 Å². The molecule has 0 aliphatic heterocycles. The second-order valence-corrected chi connectivity index (χ2v) is 4.31. The van der Waals surface area contributed by atoms with E-state index in [-0.39, 0.29) is 18.5 Å². The Balaban J connectivity index is 2.52. The van der Waals surface area contributed by atoms with Crippen molar-refractivity contribution >= 4 is 5.84 Å². The van der Waals surface area contributed by atoms with Gasteiger partial charge in [-0.25, -0.2) is 4.39 Å². The van der Waals surface area contributed by atoms with Crippen LogP contribution in [0.15, 0.2) is 23.4 Å². The fourth-order valence-electron chi connectivity index (χ4n) is 1.47. The van der Waals surface area contributed by atoms with Crippen molar-refractivity contribution in [2.24, 2.45) is 10.9 Å². The van der Waals surface area contributed by atoms with Crippen LogP contribution in [0.4, 0.5) is 4.39 Å². The summed E-state index contributed by atoms with van der Waals surface area (Å²) < 4.78 is 24.0. The highest BCUT2D eigenvalue weighted by Gasteiger charge is 2.05. The summed E-state index contributed by atoms with van der Waals surface area (Å²) in [6.45, 7) is 5.03. The first-order valence-corrected chi connectivity index (χ1v) is 5.99. The number of nitrogens with zero attached hydrogens (tertiary/aromatic N) is 1. The van der Waals surface area contributed by atoms with E-state index in [4.69, 9.17) is 20.4 Å². The van der Waals surface area contributed by atoms with E-state index in [0.29, 0.717) is 24.3 Å². The molecule has 0 saturated heterocycles. The lowest BCUT2D eigenvalue weighted by molar-refractivity contribution is 0.0142. The van der Waals surface area contributed by atoms with Crippen LogP contribution in [0.1, 0.15) is 25.0 Å². The van der Waals surface area contributed by atoms with Gasteiger partial charge in [0.1, 0.15) is 5.82 Å². The summed E-state index contributed by atoms with van der Waals surface area (Å²) in [5.41, 5.74) is 6.35. The van der Waals surface area contributed by atoms with Crippen LogP contribution in [0.2, 0.25) is 0 Å². The van der Waals surface area contributed by atoms with E-state index in [9.17, 15) is 4.39 Å². The predicted octanol–water partition coefficient (Wildman–Crippen LogP) is 1.86. The number of amidine groups is 1. The minimum Gasteiger partial charge on any atom is -0.409 e. The molecule has 106 valence electrons. The van der Waals surface area contributed by atoms with Gasteiger partial charge in [-0.1, -0.05) is 5.16 Å². The van der Waals surface area contributed by atoms with Crippen molar-refractivity contribution in [3.63, 3.8) is 0 Å². The van der Waals surface area contributed by atoms with Crippen molar-refractivity contribution in [2.75, 3.05) is 13.2 Å². The largest absolute Gasteiger partial charge is 0.409 e. The zero-order chi connectivity index (χ0) is 14.3. The van der Waals surface area contributed by atoms with E-state index in [1.807, 2.05) is 13.8 Å². The second kappa shape index (κ2) is 7.70. The highest BCUT2D eigenvalue weighted by Crippen LogP contribution is 2.10. The normalized spacial score (nSPS) is 12.1. The average Bonchev–Trinajstić information content (AvgIpc) is 2.36. The molecule has 0 unspecified atom stereocenters. The van der Waals surface area contributed by atoms with Crippen LogP contribution in [0.3, 0.4) is 0 Å². The van der Waals surface area contributed by atoms with Gasteiger partial charge in [-0.05, 0) is 37.6 Å². The van der Waals surface area contributed by atoms with Gasteiger partial charge >= 0.3 is 0 Å². The van der Waals surface area contributed by atoms with Crippen LogP contribution in [-0.4, -0.2) is 30.4 Å². The molecule has 0 aromatic heterocycles. The lowest BCUT2D eigenvalue weighted by atomic mass is 10.1. The lowest BCUT2D eigenvalue weighted by Crippen LogP contribution is -2.14. The average molecular weight is 270 g/mol. The van der Waals surface area contributed by atoms with E-state index >= 15 is 0 Å². The Bertz CT molecular complexity index is 436. The first-order chi connectivity index (χ1) is 9.02. The maximum absolute atomic E-state index is 13.3. The molecule has 1 aromatic carbocycles. The van der Waals surface area contributed by atoms with Gasteiger partial charge in [-0.15, -0.1) is 0 Å². The van der Waals surface area contributed by atoms with Gasteiger partial charge in [-0.3, -0.25) is 0 Å². The van der Waals surface area contributed by atoms with Gasteiger partial charge in [0.2, 0.25) is 0 Å². The number of benzene rings is 1. The zero-order valence-electron chi connectivity index (χ0n) is 11.1. The molecule has 0 heterocycles. The Labute approximate surface area is 111 Å². The van der Waals surface area contributed by atoms with Gasteiger partial charge < -0.3 is 20.4 Å². The Morgan fingerprint density at radius 1 is 1.37 bits per heavy atom. The SMILES string of the molecule is CC(C)OCCOCc1cc(F)cc(/C(N)=N/O)c1. The molecular weight excluding hydrogens is 251 g/mol. The van der Waals surface area contributed by atoms with E-state index in [2.05, 4.69) is 5.16 Å². The number of nitrogens with two attached hydrogens (primary N) is 1. The third kappa shape index (κ3) is 5.67. The molecular formula is C13H19FN2O3. The minimum absolute atomic E-state index is 0.135. The number of rotatable bonds is 7. The van der Waals surface area contributed by atoms with Crippen LogP contribution in [0, 0.1) is 5.82 Å². The molecule has 0 radical (unpaired) electrons. The van der Waals surface area contributed by atoms with Gasteiger partial charge in [0, 0.05) is 5.56 Å². The van der Waals surface area contributed by atoms with Crippen molar-refractivity contribution in [1.82, 2.24) is 0 Å². The predicted molar refractivity (Wildman–Crippen MR) is 69.7 cm³/mol. The molecule has 0 bridgehead atoms. The summed E-state index contributed by atoms with van der Waals surface area (Å²) in [4.78, 5) is 0. The quantitative estimate of drug-likeness (QED) is 0.261. The molecule has 0 aliphatic rings. The molecule has 1 aromatic rings. The van der Waals surface area contributed by atoms with Crippen LogP contribution < -0.4 is 5.73 Å². The third-order valence-corrected chi connectivity index (χ3v) is 2.31. The lowest BCUT2D eigenvalue weighted by Gasteiger charge is -2.09. The number of hydrogen-bond donors (Lipinski definition) is 2. The summed E-state index contributed by atoms with van der Waals surface area (Å²) >= 11 is 0. The molecule has 0 spiro atoms. The third-order valence-electron chi connectivity index (χ3n) is 2.31. The first-order valence-electron chi connectivity index (χ1n) is 5.99. The Kier molecular flexibility index (Phi) is 6.24. The van der Waals surface area contributed by atoms with E-state index < -0.39 is 5.82 Å². The maximum atomic E-state index is 13.3. The molecule has 5 nitrogen and oxygen atoms in total. The topological polar surface area (TPSA) is 77.1 Å². The van der Waals surface area contributed by atoms with E-state index in [1.165, 1.54) is 12.1 Å². The summed E-state index contributed by atoms with van der Waals surface area (Å²) in [5.74, 6) is -0.593.